The third-order valence-corrected chi connectivity index (χ3v) is 2.82. The van der Waals surface area contributed by atoms with E-state index in [2.05, 4.69) is 10.2 Å². The molecule has 1 heterocycles. The number of aromatic amines is 1. The molecule has 6 nitrogen and oxygen atoms in total. The van der Waals surface area contributed by atoms with Crippen molar-refractivity contribution in [3.63, 3.8) is 0 Å². The topological polar surface area (TPSA) is 97.8 Å². The molecular formula is C12H13FN4O2. The summed E-state index contributed by atoms with van der Waals surface area (Å²) in [5, 5.41) is 17.6. The molecule has 0 atom stereocenters. The molecule has 0 aliphatic carbocycles. The van der Waals surface area contributed by atoms with Gasteiger partial charge in [0.2, 0.25) is 0 Å². The fraction of sp³-hybridized carbons (Fsp3) is 0.250. The molecule has 3 N–H and O–H groups in total. The Labute approximate surface area is 108 Å². The number of nitro groups is 1. The summed E-state index contributed by atoms with van der Waals surface area (Å²) >= 11 is 0. The van der Waals surface area contributed by atoms with Crippen LogP contribution in [0.4, 0.5) is 15.9 Å². The van der Waals surface area contributed by atoms with E-state index in [4.69, 9.17) is 5.73 Å². The molecule has 0 aliphatic rings. The van der Waals surface area contributed by atoms with E-state index in [-0.39, 0.29) is 5.69 Å². The molecule has 0 spiro atoms. The molecule has 2 aromatic rings. The minimum Gasteiger partial charge on any atom is -0.382 e. The maximum absolute atomic E-state index is 13.1. The normalized spacial score (nSPS) is 10.6. The van der Waals surface area contributed by atoms with E-state index >= 15 is 0 Å². The second-order valence-corrected chi connectivity index (χ2v) is 4.13. The van der Waals surface area contributed by atoms with Crippen LogP contribution >= 0.6 is 0 Å². The molecule has 1 aromatic heterocycles. The highest BCUT2D eigenvalue weighted by Crippen LogP contribution is 2.33. The van der Waals surface area contributed by atoms with Crippen LogP contribution < -0.4 is 5.73 Å². The summed E-state index contributed by atoms with van der Waals surface area (Å²) in [6, 6.07) is 3.43. The number of nitro benzene ring substituents is 1. The Kier molecular flexibility index (Phi) is 3.46. The van der Waals surface area contributed by atoms with Crippen molar-refractivity contribution >= 4 is 11.5 Å². The molecule has 0 aliphatic heterocycles. The number of hydrogen-bond donors (Lipinski definition) is 2. The maximum Gasteiger partial charge on any atom is 0.281 e. The Morgan fingerprint density at radius 1 is 1.53 bits per heavy atom. The quantitative estimate of drug-likeness (QED) is 0.655. The van der Waals surface area contributed by atoms with Crippen molar-refractivity contribution in [1.29, 1.82) is 0 Å². The SMILES string of the molecule is CCCc1c(N)n[nH]c1-c1ccc(F)cc1[N+](=O)[O-]. The number of rotatable bonds is 4. The summed E-state index contributed by atoms with van der Waals surface area (Å²) in [6.45, 7) is 1.97. The molecule has 0 amide bonds. The Morgan fingerprint density at radius 3 is 2.89 bits per heavy atom. The van der Waals surface area contributed by atoms with Gasteiger partial charge in [-0.05, 0) is 18.6 Å². The summed E-state index contributed by atoms with van der Waals surface area (Å²) < 4.78 is 13.1. The van der Waals surface area contributed by atoms with Gasteiger partial charge in [-0.2, -0.15) is 5.10 Å². The number of anilines is 1. The average Bonchev–Trinajstić information content (AvgIpc) is 2.72. The molecular weight excluding hydrogens is 251 g/mol. The zero-order valence-corrected chi connectivity index (χ0v) is 10.3. The fourth-order valence-electron chi connectivity index (χ4n) is 1.97. The van der Waals surface area contributed by atoms with E-state index in [0.717, 1.165) is 18.1 Å². The largest absolute Gasteiger partial charge is 0.382 e. The van der Waals surface area contributed by atoms with E-state index in [1.54, 1.807) is 0 Å². The first-order chi connectivity index (χ1) is 9.04. The third kappa shape index (κ3) is 2.40. The van der Waals surface area contributed by atoms with E-state index in [1.807, 2.05) is 6.92 Å². The molecule has 1 aromatic carbocycles. The molecule has 0 radical (unpaired) electrons. The van der Waals surface area contributed by atoms with Gasteiger partial charge >= 0.3 is 0 Å². The van der Waals surface area contributed by atoms with Crippen LogP contribution in [0.1, 0.15) is 18.9 Å². The van der Waals surface area contributed by atoms with Gasteiger partial charge in [0.05, 0.1) is 22.2 Å². The van der Waals surface area contributed by atoms with Gasteiger partial charge in [-0.25, -0.2) is 4.39 Å². The van der Waals surface area contributed by atoms with Gasteiger partial charge in [0.25, 0.3) is 5.69 Å². The van der Waals surface area contributed by atoms with E-state index in [1.165, 1.54) is 12.1 Å². The second-order valence-electron chi connectivity index (χ2n) is 4.13. The zero-order chi connectivity index (χ0) is 14.0. The Morgan fingerprint density at radius 2 is 2.26 bits per heavy atom. The van der Waals surface area contributed by atoms with Gasteiger partial charge in [0, 0.05) is 5.56 Å². The Balaban J connectivity index is 2.62. The fourth-order valence-corrected chi connectivity index (χ4v) is 1.97. The second kappa shape index (κ2) is 5.05. The van der Waals surface area contributed by atoms with Crippen LogP contribution in [0, 0.1) is 15.9 Å². The molecule has 0 saturated carbocycles. The van der Waals surface area contributed by atoms with Crippen molar-refractivity contribution in [2.75, 3.05) is 5.73 Å². The lowest BCUT2D eigenvalue weighted by Crippen LogP contribution is -1.96. The highest BCUT2D eigenvalue weighted by molar-refractivity contribution is 5.75. The number of halogens is 1. The first-order valence-electron chi connectivity index (χ1n) is 5.81. The lowest BCUT2D eigenvalue weighted by Gasteiger charge is -2.04. The number of nitrogen functional groups attached to an aromatic ring is 1. The molecule has 2 rings (SSSR count). The Bertz CT molecular complexity index is 624. The smallest absolute Gasteiger partial charge is 0.281 e. The van der Waals surface area contributed by atoms with Gasteiger partial charge in [-0.1, -0.05) is 13.3 Å². The van der Waals surface area contributed by atoms with Crippen LogP contribution in [0.3, 0.4) is 0 Å². The minimum atomic E-state index is -0.653. The lowest BCUT2D eigenvalue weighted by atomic mass is 10.0. The number of hydrogen-bond acceptors (Lipinski definition) is 4. The van der Waals surface area contributed by atoms with Crippen LogP contribution in [-0.4, -0.2) is 15.1 Å². The lowest BCUT2D eigenvalue weighted by molar-refractivity contribution is -0.384. The number of benzene rings is 1. The van der Waals surface area contributed by atoms with Crippen LogP contribution in [-0.2, 0) is 6.42 Å². The number of nitrogens with two attached hydrogens (primary N) is 1. The minimum absolute atomic E-state index is 0.291. The van der Waals surface area contributed by atoms with E-state index in [9.17, 15) is 14.5 Å². The van der Waals surface area contributed by atoms with Crippen molar-refractivity contribution in [3.8, 4) is 11.3 Å². The molecule has 0 unspecified atom stereocenters. The summed E-state index contributed by atoms with van der Waals surface area (Å²) in [5.41, 5.74) is 6.92. The summed E-state index contributed by atoms with van der Waals surface area (Å²) in [4.78, 5) is 10.4. The first kappa shape index (κ1) is 13.0. The monoisotopic (exact) mass is 264 g/mol. The molecule has 0 fully saturated rings. The van der Waals surface area contributed by atoms with E-state index < -0.39 is 10.7 Å². The summed E-state index contributed by atoms with van der Waals surface area (Å²) in [5.74, 6) is -0.338. The molecule has 100 valence electrons. The number of aromatic nitrogens is 2. The summed E-state index contributed by atoms with van der Waals surface area (Å²) in [7, 11) is 0. The van der Waals surface area contributed by atoms with Gasteiger partial charge in [0.1, 0.15) is 11.6 Å². The highest BCUT2D eigenvalue weighted by atomic mass is 19.1. The van der Waals surface area contributed by atoms with Crippen molar-refractivity contribution in [2.45, 2.75) is 19.8 Å². The van der Waals surface area contributed by atoms with Gasteiger partial charge in [-0.3, -0.25) is 15.2 Å². The van der Waals surface area contributed by atoms with Crippen molar-refractivity contribution in [1.82, 2.24) is 10.2 Å². The van der Waals surface area contributed by atoms with Crippen LogP contribution in [0.25, 0.3) is 11.3 Å². The van der Waals surface area contributed by atoms with Crippen molar-refractivity contribution < 1.29 is 9.31 Å². The first-order valence-corrected chi connectivity index (χ1v) is 5.81. The predicted molar refractivity (Wildman–Crippen MR) is 69.0 cm³/mol. The number of nitrogens with one attached hydrogen (secondary N) is 1. The van der Waals surface area contributed by atoms with Crippen LogP contribution in [0.2, 0.25) is 0 Å². The molecule has 19 heavy (non-hydrogen) atoms. The van der Waals surface area contributed by atoms with Crippen molar-refractivity contribution in [3.05, 3.63) is 39.7 Å². The predicted octanol–water partition coefficient (Wildman–Crippen LogP) is 2.66. The van der Waals surface area contributed by atoms with Crippen molar-refractivity contribution in [2.24, 2.45) is 0 Å². The molecule has 7 heteroatoms. The standard InChI is InChI=1S/C12H13FN4O2/c1-2-3-9-11(15-16-12(9)14)8-5-4-7(13)6-10(8)17(18)19/h4-6H,2-3H2,1H3,(H3,14,15,16). The Hall–Kier alpha value is -2.44. The van der Waals surface area contributed by atoms with Crippen LogP contribution in [0.5, 0.6) is 0 Å². The highest BCUT2D eigenvalue weighted by Gasteiger charge is 2.21. The van der Waals surface area contributed by atoms with Gasteiger partial charge in [0.15, 0.2) is 0 Å². The summed E-state index contributed by atoms with van der Waals surface area (Å²) in [6.07, 6.45) is 1.47. The maximum atomic E-state index is 13.1. The van der Waals surface area contributed by atoms with Gasteiger partial charge in [-0.15, -0.1) is 0 Å². The molecule has 0 saturated heterocycles. The van der Waals surface area contributed by atoms with Crippen LogP contribution in [0.15, 0.2) is 18.2 Å². The number of H-pyrrole nitrogens is 1. The average molecular weight is 264 g/mol. The number of nitrogens with zero attached hydrogens (tertiary/aromatic N) is 2. The third-order valence-electron chi connectivity index (χ3n) is 2.82. The van der Waals surface area contributed by atoms with Gasteiger partial charge < -0.3 is 5.73 Å². The zero-order valence-electron chi connectivity index (χ0n) is 10.3. The molecule has 0 bridgehead atoms. The van der Waals surface area contributed by atoms with E-state index in [0.29, 0.717) is 23.5 Å².